The maximum atomic E-state index is 3.59. The first kappa shape index (κ1) is 12.3. The molecule has 0 bridgehead atoms. The van der Waals surface area contributed by atoms with Crippen molar-refractivity contribution in [2.45, 2.75) is 25.3 Å². The van der Waals surface area contributed by atoms with Crippen molar-refractivity contribution >= 4 is 6.08 Å². The van der Waals surface area contributed by atoms with Crippen LogP contribution in [-0.4, -0.2) is 25.7 Å². The maximum absolute atomic E-state index is 3.59. The van der Waals surface area contributed by atoms with E-state index in [1.54, 1.807) is 0 Å². The zero-order valence-corrected chi connectivity index (χ0v) is 10.4. The zero-order chi connectivity index (χ0) is 11.8. The highest BCUT2D eigenvalue weighted by molar-refractivity contribution is 5.48. The van der Waals surface area contributed by atoms with Gasteiger partial charge in [-0.25, -0.2) is 0 Å². The van der Waals surface area contributed by atoms with Crippen LogP contribution in [0.4, 0.5) is 0 Å². The van der Waals surface area contributed by atoms with Gasteiger partial charge in [0.15, 0.2) is 0 Å². The lowest BCUT2D eigenvalue weighted by molar-refractivity contribution is 0.393. The second-order valence-corrected chi connectivity index (χ2v) is 4.60. The first-order valence-electron chi connectivity index (χ1n) is 6.61. The van der Waals surface area contributed by atoms with Crippen LogP contribution in [0, 0.1) is 0 Å². The molecule has 2 nitrogen and oxygen atoms in total. The molecule has 0 spiro atoms. The van der Waals surface area contributed by atoms with E-state index in [1.165, 1.54) is 24.9 Å². The molecule has 1 unspecified atom stereocenters. The minimum Gasteiger partial charge on any atom is -0.315 e. The Balaban J connectivity index is 1.61. The molecule has 0 amide bonds. The van der Waals surface area contributed by atoms with Crippen molar-refractivity contribution in [3.63, 3.8) is 0 Å². The molecule has 1 aliphatic rings. The number of nitrogens with one attached hydrogen (secondary N) is 2. The van der Waals surface area contributed by atoms with E-state index in [0.29, 0.717) is 6.04 Å². The third-order valence-corrected chi connectivity index (χ3v) is 3.15. The molecule has 1 aromatic rings. The summed E-state index contributed by atoms with van der Waals surface area (Å²) in [6.45, 7) is 3.39. The van der Waals surface area contributed by atoms with Crippen molar-refractivity contribution in [2.75, 3.05) is 19.6 Å². The second-order valence-electron chi connectivity index (χ2n) is 4.60. The lowest BCUT2D eigenvalue weighted by Crippen LogP contribution is -2.43. The third kappa shape index (κ3) is 4.72. The molecular weight excluding hydrogens is 208 g/mol. The smallest absolute Gasteiger partial charge is 0.0193 e. The third-order valence-electron chi connectivity index (χ3n) is 3.15. The topological polar surface area (TPSA) is 24.1 Å². The van der Waals surface area contributed by atoms with Crippen molar-refractivity contribution in [1.82, 2.24) is 10.6 Å². The van der Waals surface area contributed by atoms with E-state index in [1.807, 2.05) is 0 Å². The first-order chi connectivity index (χ1) is 8.45. The molecule has 0 aliphatic carbocycles. The summed E-state index contributed by atoms with van der Waals surface area (Å²) in [6.07, 6.45) is 8.16. The Morgan fingerprint density at radius 2 is 2.18 bits per heavy atom. The van der Waals surface area contributed by atoms with Crippen molar-refractivity contribution in [3.8, 4) is 0 Å². The van der Waals surface area contributed by atoms with Gasteiger partial charge in [0.25, 0.3) is 0 Å². The molecule has 1 fully saturated rings. The monoisotopic (exact) mass is 230 g/mol. The lowest BCUT2D eigenvalue weighted by atomic mass is 10.1. The van der Waals surface area contributed by atoms with E-state index >= 15 is 0 Å². The van der Waals surface area contributed by atoms with Crippen LogP contribution in [0.25, 0.3) is 6.08 Å². The van der Waals surface area contributed by atoms with Gasteiger partial charge >= 0.3 is 0 Å². The minimum atomic E-state index is 0.675. The number of piperidine rings is 1. The SMILES string of the molecule is C(=C\c1ccccc1)/CCNC1CCCNC1. The van der Waals surface area contributed by atoms with Crippen LogP contribution in [0.2, 0.25) is 0 Å². The molecule has 2 heteroatoms. The van der Waals surface area contributed by atoms with Crippen molar-refractivity contribution in [3.05, 3.63) is 42.0 Å². The molecule has 0 saturated carbocycles. The summed E-state index contributed by atoms with van der Waals surface area (Å²) < 4.78 is 0. The van der Waals surface area contributed by atoms with E-state index < -0.39 is 0 Å². The molecule has 17 heavy (non-hydrogen) atoms. The molecule has 1 aliphatic heterocycles. The second kappa shape index (κ2) is 7.25. The molecule has 2 rings (SSSR count). The lowest BCUT2D eigenvalue weighted by Gasteiger charge is -2.23. The van der Waals surface area contributed by atoms with Gasteiger partial charge in [-0.15, -0.1) is 0 Å². The summed E-state index contributed by atoms with van der Waals surface area (Å²) in [4.78, 5) is 0. The summed E-state index contributed by atoms with van der Waals surface area (Å²) in [5.41, 5.74) is 1.28. The van der Waals surface area contributed by atoms with E-state index in [2.05, 4.69) is 53.1 Å². The number of hydrogen-bond acceptors (Lipinski definition) is 2. The van der Waals surface area contributed by atoms with Gasteiger partial charge in [0.2, 0.25) is 0 Å². The standard InChI is InChI=1S/C15H22N2/c1-2-7-14(8-3-1)9-4-5-12-17-15-10-6-11-16-13-15/h1-4,7-9,15-17H,5-6,10-13H2/b9-4+. The predicted molar refractivity (Wildman–Crippen MR) is 74.0 cm³/mol. The summed E-state index contributed by atoms with van der Waals surface area (Å²) in [5, 5.41) is 7.02. The van der Waals surface area contributed by atoms with Crippen LogP contribution in [0.5, 0.6) is 0 Å². The maximum Gasteiger partial charge on any atom is 0.0193 e. The van der Waals surface area contributed by atoms with Gasteiger partial charge in [0.1, 0.15) is 0 Å². The van der Waals surface area contributed by atoms with Crippen LogP contribution in [-0.2, 0) is 0 Å². The fourth-order valence-electron chi connectivity index (χ4n) is 2.18. The molecular formula is C15H22N2. The van der Waals surface area contributed by atoms with Gasteiger partial charge in [-0.3, -0.25) is 0 Å². The number of rotatable bonds is 5. The molecule has 1 aromatic carbocycles. The van der Waals surface area contributed by atoms with E-state index in [-0.39, 0.29) is 0 Å². The average molecular weight is 230 g/mol. The summed E-state index contributed by atoms with van der Waals surface area (Å²) >= 11 is 0. The Labute approximate surface area is 104 Å². The Morgan fingerprint density at radius 1 is 1.29 bits per heavy atom. The molecule has 2 N–H and O–H groups in total. The van der Waals surface area contributed by atoms with E-state index in [4.69, 9.17) is 0 Å². The molecule has 1 atom stereocenters. The van der Waals surface area contributed by atoms with Gasteiger partial charge in [-0.2, -0.15) is 0 Å². The highest BCUT2D eigenvalue weighted by Crippen LogP contribution is 2.03. The molecule has 0 radical (unpaired) electrons. The Kier molecular flexibility index (Phi) is 5.27. The summed E-state index contributed by atoms with van der Waals surface area (Å²) in [6, 6.07) is 11.1. The Morgan fingerprint density at radius 3 is 2.94 bits per heavy atom. The quantitative estimate of drug-likeness (QED) is 0.759. The van der Waals surface area contributed by atoms with Gasteiger partial charge in [-0.05, 0) is 37.9 Å². The normalized spacial score (nSPS) is 20.8. The largest absolute Gasteiger partial charge is 0.315 e. The molecule has 0 aromatic heterocycles. The van der Waals surface area contributed by atoms with Crippen LogP contribution < -0.4 is 10.6 Å². The number of benzene rings is 1. The average Bonchev–Trinajstić information content (AvgIpc) is 2.41. The van der Waals surface area contributed by atoms with E-state index in [0.717, 1.165) is 19.5 Å². The Bertz CT molecular complexity index is 326. The predicted octanol–water partition coefficient (Wildman–Crippen LogP) is 2.43. The van der Waals surface area contributed by atoms with Crippen LogP contribution in [0.3, 0.4) is 0 Å². The molecule has 1 heterocycles. The highest BCUT2D eigenvalue weighted by Gasteiger charge is 2.10. The van der Waals surface area contributed by atoms with Gasteiger partial charge in [0, 0.05) is 12.6 Å². The molecule has 92 valence electrons. The van der Waals surface area contributed by atoms with Crippen LogP contribution >= 0.6 is 0 Å². The first-order valence-corrected chi connectivity index (χ1v) is 6.61. The summed E-state index contributed by atoms with van der Waals surface area (Å²) in [7, 11) is 0. The number of hydrogen-bond donors (Lipinski definition) is 2. The fourth-order valence-corrected chi connectivity index (χ4v) is 2.18. The summed E-state index contributed by atoms with van der Waals surface area (Å²) in [5.74, 6) is 0. The van der Waals surface area contributed by atoms with Crippen molar-refractivity contribution in [1.29, 1.82) is 0 Å². The molecule has 1 saturated heterocycles. The zero-order valence-electron chi connectivity index (χ0n) is 10.4. The van der Waals surface area contributed by atoms with Crippen molar-refractivity contribution < 1.29 is 0 Å². The van der Waals surface area contributed by atoms with Crippen LogP contribution in [0.1, 0.15) is 24.8 Å². The van der Waals surface area contributed by atoms with Gasteiger partial charge in [-0.1, -0.05) is 42.5 Å². The van der Waals surface area contributed by atoms with E-state index in [9.17, 15) is 0 Å². The van der Waals surface area contributed by atoms with Gasteiger partial charge < -0.3 is 10.6 Å². The minimum absolute atomic E-state index is 0.675. The highest BCUT2D eigenvalue weighted by atomic mass is 15.0. The fraction of sp³-hybridized carbons (Fsp3) is 0.467. The van der Waals surface area contributed by atoms with Crippen LogP contribution in [0.15, 0.2) is 36.4 Å². The van der Waals surface area contributed by atoms with Gasteiger partial charge in [0.05, 0.1) is 0 Å². The Hall–Kier alpha value is -1.12. The van der Waals surface area contributed by atoms with Crippen molar-refractivity contribution in [2.24, 2.45) is 0 Å².